The van der Waals surface area contributed by atoms with E-state index < -0.39 is 0 Å². The van der Waals surface area contributed by atoms with Crippen LogP contribution in [0.25, 0.3) is 11.0 Å². The van der Waals surface area contributed by atoms with E-state index in [0.29, 0.717) is 12.3 Å². The molecule has 6 heteroatoms. The third-order valence-corrected chi connectivity index (χ3v) is 3.49. The van der Waals surface area contributed by atoms with E-state index in [2.05, 4.69) is 15.4 Å². The van der Waals surface area contributed by atoms with Crippen LogP contribution in [0.15, 0.2) is 42.6 Å². The Balaban J connectivity index is 1.58. The average Bonchev–Trinajstić information content (AvgIpc) is 2.83. The first-order chi connectivity index (χ1) is 11.1. The Morgan fingerprint density at radius 2 is 2.09 bits per heavy atom. The van der Waals surface area contributed by atoms with Gasteiger partial charge in [0.15, 0.2) is 5.65 Å². The van der Waals surface area contributed by atoms with Crippen LogP contribution in [0.2, 0.25) is 0 Å². The molecule has 1 N–H and O–H groups in total. The van der Waals surface area contributed by atoms with Crippen molar-refractivity contribution in [3.63, 3.8) is 0 Å². The standard InChI is InChI=1S/C17H18N4O2/c1-12-15-10-13(11-18-17(15)21(2)20-12)19-16(22)8-9-23-14-6-4-3-5-7-14/h3-7,10-11H,8-9H2,1-2H3,(H,19,22). The van der Waals surface area contributed by atoms with Gasteiger partial charge < -0.3 is 10.1 Å². The number of pyridine rings is 1. The van der Waals surface area contributed by atoms with Crippen molar-refractivity contribution in [2.24, 2.45) is 7.05 Å². The molecule has 1 amide bonds. The monoisotopic (exact) mass is 310 g/mol. The maximum absolute atomic E-state index is 12.0. The van der Waals surface area contributed by atoms with Crippen LogP contribution >= 0.6 is 0 Å². The van der Waals surface area contributed by atoms with E-state index in [0.717, 1.165) is 22.5 Å². The van der Waals surface area contributed by atoms with Gasteiger partial charge in [0.05, 0.1) is 30.6 Å². The number of carbonyl (C=O) groups is 1. The zero-order valence-electron chi connectivity index (χ0n) is 13.1. The lowest BCUT2D eigenvalue weighted by Gasteiger charge is -2.07. The smallest absolute Gasteiger partial charge is 0.227 e. The molecular weight excluding hydrogens is 292 g/mol. The fourth-order valence-electron chi connectivity index (χ4n) is 2.38. The summed E-state index contributed by atoms with van der Waals surface area (Å²) in [7, 11) is 1.85. The number of rotatable bonds is 5. The first kappa shape index (κ1) is 15.0. The molecule has 0 unspecified atom stereocenters. The summed E-state index contributed by atoms with van der Waals surface area (Å²) in [5.74, 6) is 0.651. The number of anilines is 1. The SMILES string of the molecule is Cc1nn(C)c2ncc(NC(=O)CCOc3ccccc3)cc12. The lowest BCUT2D eigenvalue weighted by molar-refractivity contribution is -0.116. The van der Waals surface area contributed by atoms with Crippen molar-refractivity contribution in [2.45, 2.75) is 13.3 Å². The third kappa shape index (κ3) is 3.48. The molecule has 118 valence electrons. The van der Waals surface area contributed by atoms with Crippen molar-refractivity contribution in [3.05, 3.63) is 48.3 Å². The second-order valence-corrected chi connectivity index (χ2v) is 5.26. The number of aromatic nitrogens is 3. The number of nitrogens with one attached hydrogen (secondary N) is 1. The summed E-state index contributed by atoms with van der Waals surface area (Å²) in [4.78, 5) is 16.3. The largest absolute Gasteiger partial charge is 0.493 e. The molecule has 2 aromatic heterocycles. The maximum atomic E-state index is 12.0. The highest BCUT2D eigenvalue weighted by Crippen LogP contribution is 2.19. The first-order valence-corrected chi connectivity index (χ1v) is 7.40. The second kappa shape index (κ2) is 6.48. The molecule has 0 aliphatic carbocycles. The molecule has 23 heavy (non-hydrogen) atoms. The Labute approximate surface area is 134 Å². The first-order valence-electron chi connectivity index (χ1n) is 7.40. The minimum atomic E-state index is -0.108. The number of amides is 1. The summed E-state index contributed by atoms with van der Waals surface area (Å²) in [6, 6.07) is 11.3. The molecule has 0 aliphatic rings. The molecule has 3 aromatic rings. The van der Waals surface area contributed by atoms with Crippen molar-refractivity contribution in [3.8, 4) is 5.75 Å². The molecule has 0 spiro atoms. The highest BCUT2D eigenvalue weighted by molar-refractivity contribution is 5.93. The van der Waals surface area contributed by atoms with Gasteiger partial charge in [-0.2, -0.15) is 5.10 Å². The Hall–Kier alpha value is -2.89. The van der Waals surface area contributed by atoms with Crippen molar-refractivity contribution in [2.75, 3.05) is 11.9 Å². The zero-order valence-corrected chi connectivity index (χ0v) is 13.1. The molecule has 0 saturated carbocycles. The lowest BCUT2D eigenvalue weighted by atomic mass is 10.2. The summed E-state index contributed by atoms with van der Waals surface area (Å²) in [5, 5.41) is 8.09. The van der Waals surface area contributed by atoms with E-state index >= 15 is 0 Å². The number of aryl methyl sites for hydroxylation is 2. The molecule has 0 bridgehead atoms. The van der Waals surface area contributed by atoms with Crippen molar-refractivity contribution in [1.29, 1.82) is 0 Å². The van der Waals surface area contributed by atoms with Crippen LogP contribution in [0.3, 0.4) is 0 Å². The van der Waals surface area contributed by atoms with Crippen LogP contribution in [0.1, 0.15) is 12.1 Å². The molecule has 1 aromatic carbocycles. The highest BCUT2D eigenvalue weighted by Gasteiger charge is 2.09. The number of hydrogen-bond donors (Lipinski definition) is 1. The Morgan fingerprint density at radius 3 is 2.87 bits per heavy atom. The zero-order chi connectivity index (χ0) is 16.2. The number of hydrogen-bond acceptors (Lipinski definition) is 4. The number of ether oxygens (including phenoxy) is 1. The van der Waals surface area contributed by atoms with E-state index in [4.69, 9.17) is 4.74 Å². The molecule has 6 nitrogen and oxygen atoms in total. The van der Waals surface area contributed by atoms with Gasteiger partial charge in [0.25, 0.3) is 0 Å². The fourth-order valence-corrected chi connectivity index (χ4v) is 2.38. The number of benzene rings is 1. The van der Waals surface area contributed by atoms with E-state index in [9.17, 15) is 4.79 Å². The number of carbonyl (C=O) groups excluding carboxylic acids is 1. The number of nitrogens with zero attached hydrogens (tertiary/aromatic N) is 3. The topological polar surface area (TPSA) is 69.0 Å². The molecule has 0 saturated heterocycles. The van der Waals surface area contributed by atoms with Gasteiger partial charge in [-0.05, 0) is 25.1 Å². The van der Waals surface area contributed by atoms with Gasteiger partial charge in [-0.3, -0.25) is 9.48 Å². The van der Waals surface area contributed by atoms with Gasteiger partial charge in [0.1, 0.15) is 5.75 Å². The second-order valence-electron chi connectivity index (χ2n) is 5.26. The molecule has 0 radical (unpaired) electrons. The van der Waals surface area contributed by atoms with Gasteiger partial charge in [0.2, 0.25) is 5.91 Å². The van der Waals surface area contributed by atoms with Gasteiger partial charge in [0, 0.05) is 12.4 Å². The fraction of sp³-hybridized carbons (Fsp3) is 0.235. The Bertz CT molecular complexity index is 827. The summed E-state index contributed by atoms with van der Waals surface area (Å²) in [6.45, 7) is 2.25. The molecular formula is C17H18N4O2. The highest BCUT2D eigenvalue weighted by atomic mass is 16.5. The Kier molecular flexibility index (Phi) is 4.23. The van der Waals surface area contributed by atoms with Gasteiger partial charge in [-0.25, -0.2) is 4.98 Å². The minimum Gasteiger partial charge on any atom is -0.493 e. The number of fused-ring (bicyclic) bond motifs is 1. The molecule has 2 heterocycles. The predicted molar refractivity (Wildman–Crippen MR) is 88.4 cm³/mol. The van der Waals surface area contributed by atoms with Crippen molar-refractivity contribution in [1.82, 2.24) is 14.8 Å². The van der Waals surface area contributed by atoms with E-state index in [1.165, 1.54) is 0 Å². The molecule has 3 rings (SSSR count). The lowest BCUT2D eigenvalue weighted by Crippen LogP contribution is -2.15. The quantitative estimate of drug-likeness (QED) is 0.786. The predicted octanol–water partition coefficient (Wildman–Crippen LogP) is 2.68. The van der Waals surface area contributed by atoms with Crippen LogP contribution in [-0.4, -0.2) is 27.3 Å². The van der Waals surface area contributed by atoms with Crippen molar-refractivity contribution >= 4 is 22.6 Å². The third-order valence-electron chi connectivity index (χ3n) is 3.49. The summed E-state index contributed by atoms with van der Waals surface area (Å²) >= 11 is 0. The van der Waals surface area contributed by atoms with Crippen LogP contribution in [0.5, 0.6) is 5.75 Å². The van der Waals surface area contributed by atoms with E-state index in [1.54, 1.807) is 10.9 Å². The molecule has 0 aliphatic heterocycles. The average molecular weight is 310 g/mol. The molecule has 0 fully saturated rings. The summed E-state index contributed by atoms with van der Waals surface area (Å²) in [6.07, 6.45) is 1.92. The van der Waals surface area contributed by atoms with Crippen LogP contribution in [0, 0.1) is 6.92 Å². The normalized spacial score (nSPS) is 10.7. The van der Waals surface area contributed by atoms with E-state index in [1.807, 2.05) is 50.4 Å². The van der Waals surface area contributed by atoms with Gasteiger partial charge in [-0.15, -0.1) is 0 Å². The Morgan fingerprint density at radius 1 is 1.30 bits per heavy atom. The van der Waals surface area contributed by atoms with Crippen LogP contribution in [-0.2, 0) is 11.8 Å². The number of para-hydroxylation sites is 1. The van der Waals surface area contributed by atoms with Crippen LogP contribution in [0.4, 0.5) is 5.69 Å². The van der Waals surface area contributed by atoms with Crippen molar-refractivity contribution < 1.29 is 9.53 Å². The summed E-state index contributed by atoms with van der Waals surface area (Å²) in [5.41, 5.74) is 2.35. The van der Waals surface area contributed by atoms with Crippen LogP contribution < -0.4 is 10.1 Å². The van der Waals surface area contributed by atoms with E-state index in [-0.39, 0.29) is 12.3 Å². The molecule has 0 atom stereocenters. The maximum Gasteiger partial charge on any atom is 0.227 e. The minimum absolute atomic E-state index is 0.108. The summed E-state index contributed by atoms with van der Waals surface area (Å²) < 4.78 is 7.24. The van der Waals surface area contributed by atoms with Gasteiger partial charge >= 0.3 is 0 Å². The van der Waals surface area contributed by atoms with Gasteiger partial charge in [-0.1, -0.05) is 18.2 Å².